The van der Waals surface area contributed by atoms with Gasteiger partial charge in [0.1, 0.15) is 23.3 Å². The van der Waals surface area contributed by atoms with E-state index in [1.165, 1.54) is 0 Å². The van der Waals surface area contributed by atoms with Gasteiger partial charge >= 0.3 is 0 Å². The van der Waals surface area contributed by atoms with Gasteiger partial charge in [-0.15, -0.1) is 15.4 Å². The quantitative estimate of drug-likeness (QED) is 0.188. The molecular weight excluding hydrogens is 475 g/mol. The van der Waals surface area contributed by atoms with Crippen LogP contribution in [0.1, 0.15) is 64.2 Å². The topological polar surface area (TPSA) is 60.7 Å². The number of hydrogen-bond donors (Lipinski definition) is 1. The Hall–Kier alpha value is -3.61. The number of aryl methyl sites for hydroxylation is 1. The molecule has 37 heavy (non-hydrogen) atoms. The van der Waals surface area contributed by atoms with Crippen molar-refractivity contribution in [1.82, 2.24) is 10.2 Å². The van der Waals surface area contributed by atoms with Crippen molar-refractivity contribution in [1.29, 1.82) is 5.26 Å². The molecule has 0 atom stereocenters. The minimum absolute atomic E-state index is 0.302. The minimum Gasteiger partial charge on any atom is -0.488 e. The summed E-state index contributed by atoms with van der Waals surface area (Å²) in [4.78, 5) is 6.71. The molecule has 0 bridgehead atoms. The van der Waals surface area contributed by atoms with E-state index in [9.17, 15) is 5.26 Å². The molecule has 1 aliphatic rings. The molecule has 5 nitrogen and oxygen atoms in total. The second kappa shape index (κ2) is 12.6. The molecular formula is C31H39N4OP. The molecule has 1 aliphatic heterocycles. The molecule has 0 aliphatic carbocycles. The zero-order valence-electron chi connectivity index (χ0n) is 23.1. The number of nitrogens with one attached hydrogen (secondary N) is 1. The van der Waals surface area contributed by atoms with Crippen molar-refractivity contribution in [3.63, 3.8) is 0 Å². The lowest BCUT2D eigenvalue weighted by Gasteiger charge is -2.29. The second-order valence-electron chi connectivity index (χ2n) is 10.2. The van der Waals surface area contributed by atoms with E-state index in [-0.39, 0.29) is 5.60 Å². The van der Waals surface area contributed by atoms with Crippen molar-refractivity contribution in [2.75, 3.05) is 0 Å². The van der Waals surface area contributed by atoms with Crippen LogP contribution in [-0.2, 0) is 11.3 Å². The molecule has 1 heterocycles. The molecule has 0 saturated heterocycles. The fourth-order valence-electron chi connectivity index (χ4n) is 3.79. The number of benzene rings is 1. The van der Waals surface area contributed by atoms with Crippen molar-refractivity contribution in [2.45, 2.75) is 66.5 Å². The Kier molecular flexibility index (Phi) is 10.1. The molecule has 0 amide bonds. The summed E-state index contributed by atoms with van der Waals surface area (Å²) >= 11 is 0. The van der Waals surface area contributed by atoms with E-state index >= 15 is 0 Å². The molecule has 1 aromatic rings. The van der Waals surface area contributed by atoms with Crippen LogP contribution in [0.25, 0.3) is 5.76 Å². The first-order chi connectivity index (χ1) is 17.3. The number of nitrogens with zero attached hydrogens (tertiary/aromatic N) is 3. The monoisotopic (exact) mass is 514 g/mol. The fraction of sp³-hybridized carbons (Fsp3) is 0.323. The van der Waals surface area contributed by atoms with Crippen molar-refractivity contribution in [2.24, 2.45) is 4.99 Å². The lowest BCUT2D eigenvalue weighted by molar-refractivity contribution is 0.0975. The van der Waals surface area contributed by atoms with Gasteiger partial charge in [0.25, 0.3) is 0 Å². The van der Waals surface area contributed by atoms with Crippen LogP contribution >= 0.6 is 8.86 Å². The number of ether oxygens (including phenoxy) is 1. The van der Waals surface area contributed by atoms with Gasteiger partial charge in [0.05, 0.1) is 22.4 Å². The summed E-state index contributed by atoms with van der Waals surface area (Å²) in [6.45, 7) is 29.0. The highest BCUT2D eigenvalue weighted by Crippen LogP contribution is 2.28. The van der Waals surface area contributed by atoms with Crippen LogP contribution in [0.3, 0.4) is 0 Å². The van der Waals surface area contributed by atoms with Gasteiger partial charge in [0, 0.05) is 18.3 Å². The first-order valence-electron chi connectivity index (χ1n) is 12.2. The van der Waals surface area contributed by atoms with Gasteiger partial charge in [0.15, 0.2) is 0 Å². The second-order valence-corrected chi connectivity index (χ2v) is 10.7. The van der Waals surface area contributed by atoms with E-state index in [1.54, 1.807) is 6.20 Å². The van der Waals surface area contributed by atoms with Crippen molar-refractivity contribution in [3.8, 4) is 6.07 Å². The summed E-state index contributed by atoms with van der Waals surface area (Å²) in [6.07, 6.45) is 5.16. The number of hydrogen-bond acceptors (Lipinski definition) is 5. The third-order valence-electron chi connectivity index (χ3n) is 5.68. The molecule has 0 radical (unpaired) electrons. The van der Waals surface area contributed by atoms with E-state index in [1.807, 2.05) is 51.7 Å². The average Bonchev–Trinajstić information content (AvgIpc) is 2.83. The molecule has 0 fully saturated rings. The van der Waals surface area contributed by atoms with Crippen LogP contribution < -0.4 is 5.32 Å². The van der Waals surface area contributed by atoms with Crippen LogP contribution in [-0.4, -0.2) is 21.5 Å². The lowest BCUT2D eigenvalue weighted by Crippen LogP contribution is -2.29. The van der Waals surface area contributed by atoms with Gasteiger partial charge in [-0.3, -0.25) is 0 Å². The Labute approximate surface area is 225 Å². The predicted octanol–water partition coefficient (Wildman–Crippen LogP) is 7.59. The van der Waals surface area contributed by atoms with Gasteiger partial charge in [0.2, 0.25) is 0 Å². The first kappa shape index (κ1) is 29.6. The zero-order valence-corrected chi connectivity index (χ0v) is 24.1. The van der Waals surface area contributed by atoms with Gasteiger partial charge < -0.3 is 15.0 Å². The highest BCUT2D eigenvalue weighted by molar-refractivity contribution is 7.23. The molecule has 6 heteroatoms. The average molecular weight is 515 g/mol. The number of allylic oxidation sites excluding steroid dienone is 4. The van der Waals surface area contributed by atoms with Crippen molar-refractivity contribution < 1.29 is 4.74 Å². The third kappa shape index (κ3) is 8.20. The van der Waals surface area contributed by atoms with Crippen LogP contribution in [0.15, 0.2) is 90.1 Å². The molecule has 2 rings (SSSR count). The summed E-state index contributed by atoms with van der Waals surface area (Å²) < 4.78 is 5.94. The Morgan fingerprint density at radius 1 is 1.22 bits per heavy atom. The molecule has 1 aromatic carbocycles. The van der Waals surface area contributed by atoms with Crippen LogP contribution in [0, 0.1) is 18.3 Å². The van der Waals surface area contributed by atoms with Gasteiger partial charge in [-0.2, -0.15) is 5.26 Å². The standard InChI is InChI=1S/C31H39N4OP/c1-11-35-28(29(37)18-32)17-27(34-30(35)21(4)13-12-20(2)3)23(6)33-19-25-14-15-26(22(5)16-25)24(7)36-31(8,9)10/h11,14-17,33,37H,1-2,6-7,12-13,19H2,3-5,8-10H3/b30-21+. The Morgan fingerprint density at radius 3 is 2.43 bits per heavy atom. The Morgan fingerprint density at radius 2 is 1.89 bits per heavy atom. The molecule has 0 spiro atoms. The summed E-state index contributed by atoms with van der Waals surface area (Å²) in [7, 11) is 3.45. The maximum atomic E-state index is 9.57. The normalized spacial score (nSPS) is 14.6. The maximum absolute atomic E-state index is 9.57. The van der Waals surface area contributed by atoms with Crippen LogP contribution in [0.5, 0.6) is 0 Å². The third-order valence-corrected chi connectivity index (χ3v) is 6.05. The van der Waals surface area contributed by atoms with Gasteiger partial charge in [-0.25, -0.2) is 4.99 Å². The first-order valence-corrected chi connectivity index (χ1v) is 12.7. The molecule has 0 unspecified atom stereocenters. The number of nitriles is 1. The Balaban J connectivity index is 2.30. The maximum Gasteiger partial charge on any atom is 0.136 e. The van der Waals surface area contributed by atoms with Crippen molar-refractivity contribution in [3.05, 3.63) is 102 Å². The van der Waals surface area contributed by atoms with Gasteiger partial charge in [-0.05, 0) is 77.2 Å². The molecule has 1 N–H and O–H groups in total. The van der Waals surface area contributed by atoms with E-state index in [0.29, 0.717) is 34.7 Å². The Bertz CT molecular complexity index is 1260. The fourth-order valence-corrected chi connectivity index (χ4v) is 3.98. The van der Waals surface area contributed by atoms with Gasteiger partial charge in [-0.1, -0.05) is 43.5 Å². The molecule has 0 saturated carbocycles. The number of rotatable bonds is 11. The summed E-state index contributed by atoms with van der Waals surface area (Å²) in [5, 5.41) is 13.3. The smallest absolute Gasteiger partial charge is 0.136 e. The number of aliphatic imine (C=N–C) groups is 1. The summed E-state index contributed by atoms with van der Waals surface area (Å²) in [6, 6.07) is 8.37. The lowest BCUT2D eigenvalue weighted by atomic mass is 10.0. The molecule has 0 aromatic heterocycles. The molecule has 194 valence electrons. The van der Waals surface area contributed by atoms with Crippen LogP contribution in [0.4, 0.5) is 0 Å². The zero-order chi connectivity index (χ0) is 27.9. The van der Waals surface area contributed by atoms with E-state index in [0.717, 1.165) is 46.5 Å². The van der Waals surface area contributed by atoms with Crippen LogP contribution in [0.2, 0.25) is 0 Å². The highest BCUT2D eigenvalue weighted by Gasteiger charge is 2.23. The predicted molar refractivity (Wildman–Crippen MR) is 160 cm³/mol. The summed E-state index contributed by atoms with van der Waals surface area (Å²) in [5.41, 5.74) is 7.01. The SMILES string of the molecule is C=CN1C(C(=P)C#N)=CC(C(=C)NCc2ccc(C(=C)OC(C)(C)C)c(C)c2)=N/C1=C(/C)CCC(=C)C. The van der Waals surface area contributed by atoms with E-state index in [4.69, 9.17) is 9.73 Å². The minimum atomic E-state index is -0.302. The van der Waals surface area contributed by atoms with E-state index in [2.05, 4.69) is 65.6 Å². The highest BCUT2D eigenvalue weighted by atomic mass is 31.0. The largest absolute Gasteiger partial charge is 0.488 e. The summed E-state index contributed by atoms with van der Waals surface area (Å²) in [5.74, 6) is 1.39. The van der Waals surface area contributed by atoms with E-state index < -0.39 is 0 Å². The van der Waals surface area contributed by atoms with Crippen molar-refractivity contribution >= 4 is 25.6 Å².